The predicted octanol–water partition coefficient (Wildman–Crippen LogP) is 4.59. The second kappa shape index (κ2) is 6.45. The molecule has 2 aromatic rings. The number of hydrogen-bond acceptors (Lipinski definition) is 2. The molecular formula is C15H11ClO2S. The summed E-state index contributed by atoms with van der Waals surface area (Å²) in [6.07, 6.45) is 2.69. The number of benzene rings is 2. The zero-order chi connectivity index (χ0) is 13.7. The maximum atomic E-state index is 10.4. The highest BCUT2D eigenvalue weighted by Crippen LogP contribution is 2.28. The van der Waals surface area contributed by atoms with Crippen LogP contribution in [0, 0.1) is 0 Å². The summed E-state index contributed by atoms with van der Waals surface area (Å²) in [4.78, 5) is 12.6. The molecule has 0 aliphatic rings. The van der Waals surface area contributed by atoms with Crippen LogP contribution >= 0.6 is 23.4 Å². The van der Waals surface area contributed by atoms with Crippen molar-refractivity contribution >= 4 is 35.4 Å². The molecule has 1 N–H and O–H groups in total. The van der Waals surface area contributed by atoms with Crippen molar-refractivity contribution in [2.24, 2.45) is 0 Å². The molecule has 0 spiro atoms. The van der Waals surface area contributed by atoms with Crippen LogP contribution in [0.4, 0.5) is 0 Å². The van der Waals surface area contributed by atoms with Crippen LogP contribution in [0.5, 0.6) is 0 Å². The van der Waals surface area contributed by atoms with Gasteiger partial charge in [-0.25, -0.2) is 4.79 Å². The minimum Gasteiger partial charge on any atom is -0.478 e. The van der Waals surface area contributed by atoms with Crippen LogP contribution in [-0.4, -0.2) is 11.1 Å². The van der Waals surface area contributed by atoms with E-state index in [1.54, 1.807) is 17.8 Å². The summed E-state index contributed by atoms with van der Waals surface area (Å²) in [5.41, 5.74) is 0.864. The molecule has 0 unspecified atom stereocenters. The number of rotatable bonds is 4. The molecule has 0 bridgehead atoms. The van der Waals surface area contributed by atoms with Gasteiger partial charge in [0.05, 0.1) is 0 Å². The molecule has 96 valence electrons. The third-order valence-electron chi connectivity index (χ3n) is 2.35. The van der Waals surface area contributed by atoms with Crippen molar-refractivity contribution in [3.63, 3.8) is 0 Å². The van der Waals surface area contributed by atoms with Crippen molar-refractivity contribution in [2.75, 3.05) is 0 Å². The first kappa shape index (κ1) is 13.7. The Morgan fingerprint density at radius 1 is 1.00 bits per heavy atom. The Hall–Kier alpha value is -1.71. The minimum atomic E-state index is -0.945. The van der Waals surface area contributed by atoms with Crippen molar-refractivity contribution in [3.8, 4) is 0 Å². The van der Waals surface area contributed by atoms with Crippen molar-refractivity contribution < 1.29 is 9.90 Å². The summed E-state index contributed by atoms with van der Waals surface area (Å²) in [5, 5.41) is 9.27. The van der Waals surface area contributed by atoms with Gasteiger partial charge in [0.1, 0.15) is 0 Å². The zero-order valence-electron chi connectivity index (χ0n) is 9.92. The van der Waals surface area contributed by atoms with Gasteiger partial charge in [-0.3, -0.25) is 0 Å². The Labute approximate surface area is 120 Å². The fourth-order valence-electron chi connectivity index (χ4n) is 1.45. The van der Waals surface area contributed by atoms with E-state index < -0.39 is 5.97 Å². The van der Waals surface area contributed by atoms with Crippen molar-refractivity contribution in [2.45, 2.75) is 9.79 Å². The smallest absolute Gasteiger partial charge is 0.328 e. The maximum absolute atomic E-state index is 10.4. The van der Waals surface area contributed by atoms with Crippen LogP contribution in [0.15, 0.2) is 64.4 Å². The second-order valence-electron chi connectivity index (χ2n) is 3.80. The lowest BCUT2D eigenvalue weighted by atomic mass is 10.2. The molecule has 0 saturated heterocycles. The first-order valence-electron chi connectivity index (χ1n) is 5.58. The Bertz CT molecular complexity index is 589. The number of aliphatic carboxylic acids is 1. The molecule has 0 atom stereocenters. The van der Waals surface area contributed by atoms with Gasteiger partial charge in [-0.15, -0.1) is 0 Å². The highest BCUT2D eigenvalue weighted by Gasteiger charge is 1.98. The van der Waals surface area contributed by atoms with Crippen LogP contribution in [-0.2, 0) is 4.79 Å². The number of halogens is 1. The molecule has 0 heterocycles. The normalized spacial score (nSPS) is 10.8. The summed E-state index contributed by atoms with van der Waals surface area (Å²) in [6, 6.07) is 15.3. The van der Waals surface area contributed by atoms with E-state index in [-0.39, 0.29) is 0 Å². The number of hydrogen-bond donors (Lipinski definition) is 1. The third kappa shape index (κ3) is 4.47. The fourth-order valence-corrected chi connectivity index (χ4v) is 2.40. The largest absolute Gasteiger partial charge is 0.478 e. The lowest BCUT2D eigenvalue weighted by Crippen LogP contribution is -1.85. The van der Waals surface area contributed by atoms with Gasteiger partial charge in [-0.2, -0.15) is 0 Å². The van der Waals surface area contributed by atoms with Gasteiger partial charge in [0.15, 0.2) is 0 Å². The molecule has 2 rings (SSSR count). The van der Waals surface area contributed by atoms with Gasteiger partial charge in [-0.05, 0) is 48.0 Å². The van der Waals surface area contributed by atoms with Gasteiger partial charge in [0, 0.05) is 20.9 Å². The molecule has 2 aromatic carbocycles. The van der Waals surface area contributed by atoms with Crippen LogP contribution in [0.2, 0.25) is 5.02 Å². The summed E-state index contributed by atoms with van der Waals surface area (Å²) in [6.45, 7) is 0. The highest BCUT2D eigenvalue weighted by molar-refractivity contribution is 7.99. The predicted molar refractivity (Wildman–Crippen MR) is 78.7 cm³/mol. The van der Waals surface area contributed by atoms with Crippen LogP contribution in [0.3, 0.4) is 0 Å². The van der Waals surface area contributed by atoms with Crippen molar-refractivity contribution in [1.29, 1.82) is 0 Å². The average Bonchev–Trinajstić information content (AvgIpc) is 2.40. The van der Waals surface area contributed by atoms with Crippen LogP contribution < -0.4 is 0 Å². The van der Waals surface area contributed by atoms with Crippen LogP contribution in [0.1, 0.15) is 5.56 Å². The van der Waals surface area contributed by atoms with Crippen LogP contribution in [0.25, 0.3) is 6.08 Å². The lowest BCUT2D eigenvalue weighted by molar-refractivity contribution is -0.131. The summed E-state index contributed by atoms with van der Waals surface area (Å²) in [7, 11) is 0. The van der Waals surface area contributed by atoms with E-state index in [2.05, 4.69) is 0 Å². The topological polar surface area (TPSA) is 37.3 Å². The van der Waals surface area contributed by atoms with Gasteiger partial charge in [0.2, 0.25) is 0 Å². The van der Waals surface area contributed by atoms with Crippen molar-refractivity contribution in [1.82, 2.24) is 0 Å². The molecule has 0 saturated carbocycles. The number of carboxylic acid groups (broad SMARTS) is 1. The molecule has 0 aliphatic heterocycles. The first-order chi connectivity index (χ1) is 9.13. The summed E-state index contributed by atoms with van der Waals surface area (Å²) < 4.78 is 0. The quantitative estimate of drug-likeness (QED) is 0.837. The van der Waals surface area contributed by atoms with E-state index in [0.717, 1.165) is 26.5 Å². The molecule has 0 radical (unpaired) electrons. The highest BCUT2D eigenvalue weighted by atomic mass is 35.5. The molecule has 0 amide bonds. The molecule has 2 nitrogen and oxygen atoms in total. The van der Waals surface area contributed by atoms with E-state index in [0.29, 0.717) is 0 Å². The Balaban J connectivity index is 2.06. The van der Waals surface area contributed by atoms with E-state index in [4.69, 9.17) is 16.7 Å². The number of carboxylic acids is 1. The molecular weight excluding hydrogens is 280 g/mol. The van der Waals surface area contributed by atoms with Gasteiger partial charge < -0.3 is 5.11 Å². The molecule has 0 aliphatic carbocycles. The summed E-state index contributed by atoms with van der Waals surface area (Å²) in [5.74, 6) is -0.945. The molecule has 0 fully saturated rings. The fraction of sp³-hybridized carbons (Fsp3) is 0. The minimum absolute atomic E-state index is 0.721. The molecule has 0 aromatic heterocycles. The monoisotopic (exact) mass is 290 g/mol. The average molecular weight is 291 g/mol. The van der Waals surface area contributed by atoms with E-state index in [1.807, 2.05) is 48.5 Å². The molecule has 4 heteroatoms. The van der Waals surface area contributed by atoms with Gasteiger partial charge in [0.25, 0.3) is 0 Å². The Morgan fingerprint density at radius 2 is 1.53 bits per heavy atom. The van der Waals surface area contributed by atoms with Gasteiger partial charge >= 0.3 is 5.97 Å². The second-order valence-corrected chi connectivity index (χ2v) is 5.38. The van der Waals surface area contributed by atoms with E-state index >= 15 is 0 Å². The first-order valence-corrected chi connectivity index (χ1v) is 6.77. The maximum Gasteiger partial charge on any atom is 0.328 e. The Kier molecular flexibility index (Phi) is 4.66. The van der Waals surface area contributed by atoms with Gasteiger partial charge in [-0.1, -0.05) is 35.5 Å². The SMILES string of the molecule is O=C(O)/C=C/c1ccc(Sc2ccc(Cl)cc2)cc1. The number of carbonyl (C=O) groups is 1. The van der Waals surface area contributed by atoms with Crippen molar-refractivity contribution in [3.05, 3.63) is 65.2 Å². The third-order valence-corrected chi connectivity index (χ3v) is 3.62. The summed E-state index contributed by atoms with van der Waals surface area (Å²) >= 11 is 7.46. The standard InChI is InChI=1S/C15H11ClO2S/c16-12-4-8-14(9-5-12)19-13-6-1-11(2-7-13)3-10-15(17)18/h1-10H,(H,17,18)/b10-3+. The van der Waals surface area contributed by atoms with E-state index in [9.17, 15) is 4.79 Å². The molecule has 19 heavy (non-hydrogen) atoms. The van der Waals surface area contributed by atoms with E-state index in [1.165, 1.54) is 0 Å². The Morgan fingerprint density at radius 3 is 2.05 bits per heavy atom. The lowest BCUT2D eigenvalue weighted by Gasteiger charge is -2.02. The zero-order valence-corrected chi connectivity index (χ0v) is 11.5.